The van der Waals surface area contributed by atoms with Gasteiger partial charge in [0.1, 0.15) is 0 Å². The molecule has 6 heavy (non-hydrogen) atoms. The van der Waals surface area contributed by atoms with Crippen molar-refractivity contribution in [2.75, 3.05) is 0 Å². The highest BCUT2D eigenvalue weighted by atomic mass is 79.9. The van der Waals surface area contributed by atoms with Crippen LogP contribution in [0.3, 0.4) is 0 Å². The first-order chi connectivity index (χ1) is 2.56. The fourth-order valence-corrected chi connectivity index (χ4v) is 0. The van der Waals surface area contributed by atoms with Crippen molar-refractivity contribution in [3.8, 4) is 0 Å². The lowest BCUT2D eigenvalue weighted by Gasteiger charge is -2.00. The fraction of sp³-hybridized carbons (Fsp3) is 0.500. The molecule has 0 saturated carbocycles. The van der Waals surface area contributed by atoms with Gasteiger partial charge in [0.2, 0.25) is 0 Å². The summed E-state index contributed by atoms with van der Waals surface area (Å²) in [6.45, 7) is 0. The molecule has 0 fully saturated rings. The van der Waals surface area contributed by atoms with Crippen LogP contribution >= 0.6 is 50.7 Å². The molecule has 0 aromatic carbocycles. The highest BCUT2D eigenvalue weighted by molar-refractivity contribution is 9.11. The Balaban J connectivity index is 3.17. The van der Waals surface area contributed by atoms with Crippen LogP contribution in [0.15, 0.2) is 0 Å². The van der Waals surface area contributed by atoms with E-state index in [2.05, 4.69) is 15.9 Å². The van der Waals surface area contributed by atoms with Gasteiger partial charge in [-0.1, -0.05) is 23.2 Å². The molecular formula is C2HBrCl3. The molecule has 37 valence electrons. The minimum absolute atomic E-state index is 1.06. The summed E-state index contributed by atoms with van der Waals surface area (Å²) in [7, 11) is 0. The molecule has 0 saturated heterocycles. The quantitative estimate of drug-likeness (QED) is 0.585. The summed E-state index contributed by atoms with van der Waals surface area (Å²) in [5.74, 6) is 1.11. The summed E-state index contributed by atoms with van der Waals surface area (Å²) in [6, 6.07) is 0. The normalized spacial score (nSPS) is 12.0. The summed E-state index contributed by atoms with van der Waals surface area (Å²) in [5, 5.41) is 0. The number of hydrogen-bond donors (Lipinski definition) is 0. The van der Waals surface area contributed by atoms with E-state index < -0.39 is 3.24 Å². The first kappa shape index (κ1) is 7.35. The van der Waals surface area contributed by atoms with Crippen molar-refractivity contribution in [3.63, 3.8) is 0 Å². The summed E-state index contributed by atoms with van der Waals surface area (Å²) < 4.78 is -1.06. The fourth-order valence-electron chi connectivity index (χ4n) is 0. The van der Waals surface area contributed by atoms with Gasteiger partial charge >= 0.3 is 0 Å². The monoisotopic (exact) mass is 209 g/mol. The zero-order chi connectivity index (χ0) is 5.21. The second-order valence-electron chi connectivity index (χ2n) is 0.651. The first-order valence-electron chi connectivity index (χ1n) is 1.07. The minimum atomic E-state index is -1.06. The molecule has 0 bridgehead atoms. The van der Waals surface area contributed by atoms with Crippen LogP contribution in [0, 0.1) is 5.88 Å². The van der Waals surface area contributed by atoms with Gasteiger partial charge in [0.05, 0.1) is 5.88 Å². The molecule has 0 amide bonds. The van der Waals surface area contributed by atoms with Crippen LogP contribution in [0.2, 0.25) is 0 Å². The Morgan fingerprint density at radius 3 is 1.67 bits per heavy atom. The average molecular weight is 211 g/mol. The highest BCUT2D eigenvalue weighted by Crippen LogP contribution is 2.32. The Kier molecular flexibility index (Phi) is 3.19. The van der Waals surface area contributed by atoms with Crippen LogP contribution in [-0.4, -0.2) is 3.24 Å². The number of rotatable bonds is 1. The van der Waals surface area contributed by atoms with Gasteiger partial charge in [0.15, 0.2) is 3.24 Å². The predicted molar refractivity (Wildman–Crippen MR) is 33.5 cm³/mol. The second kappa shape index (κ2) is 2.61. The molecule has 0 aliphatic carbocycles. The number of halogens is 4. The van der Waals surface area contributed by atoms with Crippen LogP contribution in [0.1, 0.15) is 0 Å². The third-order valence-electron chi connectivity index (χ3n) is 0.124. The van der Waals surface area contributed by atoms with Gasteiger partial charge in [-0.05, 0) is 15.9 Å². The number of alkyl halides is 3. The van der Waals surface area contributed by atoms with E-state index in [0.29, 0.717) is 0 Å². The average Bonchev–Trinajstić information content (AvgIpc) is 1.35. The molecule has 0 heterocycles. The van der Waals surface area contributed by atoms with Gasteiger partial charge in [-0.15, -0.1) is 11.6 Å². The van der Waals surface area contributed by atoms with Crippen molar-refractivity contribution >= 4 is 50.7 Å². The third-order valence-corrected chi connectivity index (χ3v) is 1.39. The smallest absolute Gasteiger partial charge is 0.117 e. The lowest BCUT2D eigenvalue weighted by Crippen LogP contribution is -1.94. The van der Waals surface area contributed by atoms with Gasteiger partial charge in [-0.25, -0.2) is 0 Å². The maximum atomic E-state index is 5.21. The summed E-state index contributed by atoms with van der Waals surface area (Å²) in [6.07, 6.45) is 0. The minimum Gasteiger partial charge on any atom is -0.117 e. The summed E-state index contributed by atoms with van der Waals surface area (Å²) in [5.41, 5.74) is 0. The lowest BCUT2D eigenvalue weighted by atomic mass is 10.9. The molecule has 0 atom stereocenters. The van der Waals surface area contributed by atoms with E-state index in [-0.39, 0.29) is 0 Å². The molecule has 0 unspecified atom stereocenters. The van der Waals surface area contributed by atoms with E-state index in [1.807, 2.05) is 0 Å². The van der Waals surface area contributed by atoms with Gasteiger partial charge in [0.25, 0.3) is 0 Å². The standard InChI is InChI=1S/C2HBrCl3/c3-2(5,6)1-4/h1H. The van der Waals surface area contributed by atoms with Crippen molar-refractivity contribution in [3.05, 3.63) is 5.88 Å². The molecule has 0 rings (SSSR count). The van der Waals surface area contributed by atoms with Crippen molar-refractivity contribution in [1.82, 2.24) is 0 Å². The highest BCUT2D eigenvalue weighted by Gasteiger charge is 2.16. The van der Waals surface area contributed by atoms with Crippen LogP contribution in [0.4, 0.5) is 0 Å². The first-order valence-corrected chi connectivity index (χ1v) is 3.06. The zero-order valence-corrected chi connectivity index (χ0v) is 6.44. The Hall–Kier alpha value is 1.35. The Labute approximate surface area is 59.9 Å². The van der Waals surface area contributed by atoms with Crippen molar-refractivity contribution < 1.29 is 0 Å². The van der Waals surface area contributed by atoms with E-state index in [1.54, 1.807) is 0 Å². The maximum Gasteiger partial charge on any atom is 0.189 e. The van der Waals surface area contributed by atoms with Crippen molar-refractivity contribution in [1.29, 1.82) is 0 Å². The van der Waals surface area contributed by atoms with E-state index >= 15 is 0 Å². The van der Waals surface area contributed by atoms with E-state index in [1.165, 1.54) is 0 Å². The molecular weight excluding hydrogens is 210 g/mol. The molecule has 4 heteroatoms. The molecule has 1 radical (unpaired) electrons. The Morgan fingerprint density at radius 1 is 1.50 bits per heavy atom. The largest absolute Gasteiger partial charge is 0.189 e. The summed E-state index contributed by atoms with van der Waals surface area (Å²) >= 11 is 18.3. The molecule has 0 N–H and O–H groups in total. The lowest BCUT2D eigenvalue weighted by molar-refractivity contribution is 1.49. The third kappa shape index (κ3) is 5.35. The van der Waals surface area contributed by atoms with Crippen molar-refractivity contribution in [2.24, 2.45) is 0 Å². The van der Waals surface area contributed by atoms with Gasteiger partial charge < -0.3 is 0 Å². The van der Waals surface area contributed by atoms with Crippen LogP contribution in [-0.2, 0) is 0 Å². The molecule has 0 aromatic rings. The van der Waals surface area contributed by atoms with Gasteiger partial charge in [-0.3, -0.25) is 0 Å². The number of hydrogen-bond acceptors (Lipinski definition) is 0. The Bertz CT molecular complexity index is 38.5. The molecule has 0 nitrogen and oxygen atoms in total. The molecule has 0 aliphatic rings. The van der Waals surface area contributed by atoms with E-state index in [0.717, 1.165) is 5.88 Å². The summed E-state index contributed by atoms with van der Waals surface area (Å²) in [4.78, 5) is 0. The zero-order valence-electron chi connectivity index (χ0n) is 2.59. The predicted octanol–water partition coefficient (Wildman–Crippen LogP) is 2.91. The van der Waals surface area contributed by atoms with Gasteiger partial charge in [0, 0.05) is 0 Å². The molecule has 0 spiro atoms. The van der Waals surface area contributed by atoms with Crippen LogP contribution in [0.25, 0.3) is 0 Å². The SMILES string of the molecule is Cl[CH]C(Cl)(Cl)Br. The maximum absolute atomic E-state index is 5.21. The molecule has 0 aliphatic heterocycles. The van der Waals surface area contributed by atoms with Crippen molar-refractivity contribution in [2.45, 2.75) is 3.24 Å². The van der Waals surface area contributed by atoms with E-state index in [4.69, 9.17) is 34.8 Å². The second-order valence-corrected chi connectivity index (χ2v) is 4.42. The van der Waals surface area contributed by atoms with Crippen LogP contribution < -0.4 is 0 Å². The topological polar surface area (TPSA) is 0 Å². The Morgan fingerprint density at radius 2 is 1.67 bits per heavy atom. The van der Waals surface area contributed by atoms with Gasteiger partial charge in [-0.2, -0.15) is 0 Å². The van der Waals surface area contributed by atoms with Crippen LogP contribution in [0.5, 0.6) is 0 Å². The van der Waals surface area contributed by atoms with E-state index in [9.17, 15) is 0 Å². The molecule has 0 aromatic heterocycles.